The van der Waals surface area contributed by atoms with Crippen LogP contribution < -0.4 is 5.73 Å². The minimum absolute atomic E-state index is 0.394. The molecule has 0 aromatic carbocycles. The second-order valence-corrected chi connectivity index (χ2v) is 7.69. The molecule has 0 aliphatic heterocycles. The Morgan fingerprint density at radius 2 is 1.71 bits per heavy atom. The highest BCUT2D eigenvalue weighted by molar-refractivity contribution is 4.84. The van der Waals surface area contributed by atoms with Crippen molar-refractivity contribution in [1.29, 1.82) is 0 Å². The highest BCUT2D eigenvalue weighted by Crippen LogP contribution is 2.37. The summed E-state index contributed by atoms with van der Waals surface area (Å²) < 4.78 is 0. The Kier molecular flexibility index (Phi) is 5.07. The predicted octanol–water partition coefficient (Wildman–Crippen LogP) is 4.46. The molecule has 0 aromatic heterocycles. The third-order valence-corrected chi connectivity index (χ3v) is 5.35. The van der Waals surface area contributed by atoms with Gasteiger partial charge in [0.15, 0.2) is 0 Å². The van der Waals surface area contributed by atoms with Gasteiger partial charge in [-0.05, 0) is 48.3 Å². The Bertz CT molecular complexity index is 228. The van der Waals surface area contributed by atoms with E-state index in [0.717, 1.165) is 17.8 Å². The summed E-state index contributed by atoms with van der Waals surface area (Å²) in [6.45, 7) is 14.1. The van der Waals surface area contributed by atoms with Crippen molar-refractivity contribution >= 4 is 0 Å². The maximum atomic E-state index is 6.45. The Hall–Kier alpha value is -0.0400. The molecule has 0 aromatic rings. The van der Waals surface area contributed by atoms with Crippen LogP contribution in [0.4, 0.5) is 0 Å². The summed E-state index contributed by atoms with van der Waals surface area (Å²) in [5.74, 6) is 3.25. The van der Waals surface area contributed by atoms with Gasteiger partial charge in [0.2, 0.25) is 0 Å². The zero-order valence-corrected chi connectivity index (χ0v) is 12.8. The third-order valence-electron chi connectivity index (χ3n) is 5.35. The maximum Gasteiger partial charge on any atom is 0.00700 e. The van der Waals surface area contributed by atoms with E-state index in [2.05, 4.69) is 41.5 Å². The molecule has 0 heterocycles. The van der Waals surface area contributed by atoms with Crippen molar-refractivity contribution in [3.63, 3.8) is 0 Å². The van der Waals surface area contributed by atoms with Gasteiger partial charge in [-0.3, -0.25) is 0 Å². The highest BCUT2D eigenvalue weighted by atomic mass is 14.7. The fourth-order valence-electron chi connectivity index (χ4n) is 2.93. The van der Waals surface area contributed by atoms with Crippen LogP contribution in [0.3, 0.4) is 0 Å². The monoisotopic (exact) mass is 239 g/mol. The third kappa shape index (κ3) is 4.28. The molecule has 1 rings (SSSR count). The summed E-state index contributed by atoms with van der Waals surface area (Å²) in [7, 11) is 0. The van der Waals surface area contributed by atoms with E-state index in [-0.39, 0.29) is 0 Å². The van der Waals surface area contributed by atoms with Crippen LogP contribution in [0.2, 0.25) is 0 Å². The molecular weight excluding hydrogens is 206 g/mol. The van der Waals surface area contributed by atoms with Crippen molar-refractivity contribution in [2.45, 2.75) is 73.3 Å². The number of hydrogen-bond acceptors (Lipinski definition) is 1. The molecule has 0 spiro atoms. The second-order valence-electron chi connectivity index (χ2n) is 7.69. The van der Waals surface area contributed by atoms with E-state index in [1.807, 2.05) is 0 Å². The molecule has 0 amide bonds. The van der Waals surface area contributed by atoms with Crippen LogP contribution in [0.5, 0.6) is 0 Å². The van der Waals surface area contributed by atoms with Crippen LogP contribution in [0.1, 0.15) is 67.2 Å². The molecule has 17 heavy (non-hydrogen) atoms. The fraction of sp³-hybridized carbons (Fsp3) is 1.00. The quantitative estimate of drug-likeness (QED) is 0.773. The van der Waals surface area contributed by atoms with Gasteiger partial charge in [0.25, 0.3) is 0 Å². The standard InChI is InChI=1S/C16H33N/c1-11-7-8-14(9-12(11)2)15(17)10-13(3)16(4,5)6/h11-15H,7-10,17H2,1-6H3. The molecule has 5 unspecified atom stereocenters. The summed E-state index contributed by atoms with van der Waals surface area (Å²) in [4.78, 5) is 0. The summed E-state index contributed by atoms with van der Waals surface area (Å²) in [6.07, 6.45) is 5.27. The lowest BCUT2D eigenvalue weighted by molar-refractivity contribution is 0.153. The van der Waals surface area contributed by atoms with E-state index in [1.54, 1.807) is 0 Å². The number of rotatable bonds is 3. The van der Waals surface area contributed by atoms with Crippen molar-refractivity contribution in [2.75, 3.05) is 0 Å². The average Bonchev–Trinajstić information content (AvgIpc) is 2.20. The van der Waals surface area contributed by atoms with E-state index < -0.39 is 0 Å². The van der Waals surface area contributed by atoms with Crippen LogP contribution in [-0.2, 0) is 0 Å². The molecule has 1 fully saturated rings. The van der Waals surface area contributed by atoms with Gasteiger partial charge in [0.05, 0.1) is 0 Å². The van der Waals surface area contributed by atoms with Gasteiger partial charge in [0, 0.05) is 6.04 Å². The molecule has 0 saturated heterocycles. The molecule has 1 heteroatoms. The summed E-state index contributed by atoms with van der Waals surface area (Å²) in [5.41, 5.74) is 6.85. The lowest BCUT2D eigenvalue weighted by Crippen LogP contribution is -2.38. The van der Waals surface area contributed by atoms with Gasteiger partial charge in [-0.15, -0.1) is 0 Å². The first-order valence-electron chi connectivity index (χ1n) is 7.47. The van der Waals surface area contributed by atoms with Crippen LogP contribution in [-0.4, -0.2) is 6.04 Å². The molecule has 1 aliphatic carbocycles. The Morgan fingerprint density at radius 1 is 1.12 bits per heavy atom. The minimum atomic E-state index is 0.394. The maximum absolute atomic E-state index is 6.45. The first-order chi connectivity index (χ1) is 7.71. The molecule has 102 valence electrons. The van der Waals surface area contributed by atoms with Crippen molar-refractivity contribution in [3.05, 3.63) is 0 Å². The largest absolute Gasteiger partial charge is 0.327 e. The van der Waals surface area contributed by atoms with Crippen LogP contribution in [0, 0.1) is 29.1 Å². The number of hydrogen-bond donors (Lipinski definition) is 1. The van der Waals surface area contributed by atoms with Crippen LogP contribution in [0.25, 0.3) is 0 Å². The van der Waals surface area contributed by atoms with E-state index in [1.165, 1.54) is 25.7 Å². The Balaban J connectivity index is 2.46. The highest BCUT2D eigenvalue weighted by Gasteiger charge is 2.31. The second kappa shape index (κ2) is 5.73. The molecule has 1 nitrogen and oxygen atoms in total. The topological polar surface area (TPSA) is 26.0 Å². The molecule has 2 N–H and O–H groups in total. The fourth-order valence-corrected chi connectivity index (χ4v) is 2.93. The smallest absolute Gasteiger partial charge is 0.00700 e. The van der Waals surface area contributed by atoms with Gasteiger partial charge in [-0.2, -0.15) is 0 Å². The van der Waals surface area contributed by atoms with Crippen LogP contribution in [0.15, 0.2) is 0 Å². The van der Waals surface area contributed by atoms with E-state index >= 15 is 0 Å². The summed E-state index contributed by atoms with van der Waals surface area (Å²) >= 11 is 0. The predicted molar refractivity (Wildman–Crippen MR) is 76.9 cm³/mol. The molecule has 0 radical (unpaired) electrons. The number of nitrogens with two attached hydrogens (primary N) is 1. The minimum Gasteiger partial charge on any atom is -0.327 e. The summed E-state index contributed by atoms with van der Waals surface area (Å²) in [5, 5.41) is 0. The molecule has 5 atom stereocenters. The Morgan fingerprint density at radius 3 is 2.18 bits per heavy atom. The van der Waals surface area contributed by atoms with Gasteiger partial charge < -0.3 is 5.73 Å². The molecule has 1 aliphatic rings. The van der Waals surface area contributed by atoms with Crippen molar-refractivity contribution in [3.8, 4) is 0 Å². The molecular formula is C16H33N. The first-order valence-corrected chi connectivity index (χ1v) is 7.47. The average molecular weight is 239 g/mol. The molecule has 0 bridgehead atoms. The van der Waals surface area contributed by atoms with Gasteiger partial charge in [-0.25, -0.2) is 0 Å². The van der Waals surface area contributed by atoms with Crippen molar-refractivity contribution in [2.24, 2.45) is 34.8 Å². The molecule has 1 saturated carbocycles. The van der Waals surface area contributed by atoms with E-state index in [4.69, 9.17) is 5.73 Å². The normalized spacial score (nSPS) is 34.4. The lowest BCUT2D eigenvalue weighted by Gasteiger charge is -2.38. The van der Waals surface area contributed by atoms with E-state index in [0.29, 0.717) is 17.4 Å². The van der Waals surface area contributed by atoms with E-state index in [9.17, 15) is 0 Å². The van der Waals surface area contributed by atoms with Gasteiger partial charge >= 0.3 is 0 Å². The lowest BCUT2D eigenvalue weighted by atomic mass is 9.70. The van der Waals surface area contributed by atoms with Crippen LogP contribution >= 0.6 is 0 Å². The summed E-state index contributed by atoms with van der Waals surface area (Å²) in [6, 6.07) is 0.416. The van der Waals surface area contributed by atoms with Gasteiger partial charge in [-0.1, -0.05) is 48.0 Å². The zero-order valence-electron chi connectivity index (χ0n) is 12.8. The SMILES string of the molecule is CC1CCC(C(N)CC(C)C(C)(C)C)CC1C. The van der Waals surface area contributed by atoms with Crippen molar-refractivity contribution in [1.82, 2.24) is 0 Å². The zero-order chi connectivity index (χ0) is 13.2. The van der Waals surface area contributed by atoms with Crippen molar-refractivity contribution < 1.29 is 0 Å². The Labute approximate surface area is 109 Å². The van der Waals surface area contributed by atoms with Gasteiger partial charge in [0.1, 0.15) is 0 Å². The first kappa shape index (κ1) is 15.0.